The number of nitrogens with one attached hydrogen (secondary N) is 1. The minimum Gasteiger partial charge on any atom is -0.381 e. The zero-order valence-corrected chi connectivity index (χ0v) is 17.4. The van der Waals surface area contributed by atoms with Crippen molar-refractivity contribution in [1.82, 2.24) is 14.5 Å². The van der Waals surface area contributed by atoms with Crippen molar-refractivity contribution in [2.75, 3.05) is 45.6 Å². The van der Waals surface area contributed by atoms with Gasteiger partial charge in [-0.15, -0.1) is 11.3 Å². The van der Waals surface area contributed by atoms with E-state index >= 15 is 0 Å². The number of carbonyl (C=O) groups is 1. The highest BCUT2D eigenvalue weighted by Crippen LogP contribution is 2.24. The van der Waals surface area contributed by atoms with Crippen LogP contribution >= 0.6 is 11.3 Å². The standard InChI is InChI=1S/C18H29N3O4S2/c1-27(23,24)20-9-2-4-16(14-20)21(15-6-11-25-12-7-15)10-8-19-18(22)17-5-3-13-26-17/h3,5,13,15-16H,2,4,6-12,14H2,1H3,(H,19,22). The Morgan fingerprint density at radius 3 is 2.78 bits per heavy atom. The van der Waals surface area contributed by atoms with Crippen molar-refractivity contribution in [3.63, 3.8) is 0 Å². The summed E-state index contributed by atoms with van der Waals surface area (Å²) in [5, 5.41) is 4.90. The van der Waals surface area contributed by atoms with Gasteiger partial charge >= 0.3 is 0 Å². The summed E-state index contributed by atoms with van der Waals surface area (Å²) >= 11 is 1.43. The third-order valence-electron chi connectivity index (χ3n) is 5.36. The van der Waals surface area contributed by atoms with Gasteiger partial charge < -0.3 is 10.1 Å². The molecule has 0 radical (unpaired) electrons. The number of hydrogen-bond acceptors (Lipinski definition) is 6. The number of thiophene rings is 1. The predicted molar refractivity (Wildman–Crippen MR) is 107 cm³/mol. The Kier molecular flexibility index (Phi) is 7.27. The van der Waals surface area contributed by atoms with Crippen LogP contribution in [0.4, 0.5) is 0 Å². The molecular formula is C18H29N3O4S2. The first kappa shape index (κ1) is 20.7. The average Bonchev–Trinajstić information content (AvgIpc) is 3.20. The molecule has 0 aromatic carbocycles. The molecule has 7 nitrogen and oxygen atoms in total. The normalized spacial score (nSPS) is 22.8. The summed E-state index contributed by atoms with van der Waals surface area (Å²) < 4.78 is 31.1. The highest BCUT2D eigenvalue weighted by atomic mass is 32.2. The van der Waals surface area contributed by atoms with Crippen LogP contribution in [0.2, 0.25) is 0 Å². The van der Waals surface area contributed by atoms with Crippen molar-refractivity contribution in [3.8, 4) is 0 Å². The summed E-state index contributed by atoms with van der Waals surface area (Å²) in [6.45, 7) is 3.91. The number of rotatable bonds is 7. The number of ether oxygens (including phenoxy) is 1. The van der Waals surface area contributed by atoms with Crippen LogP contribution in [-0.4, -0.2) is 81.3 Å². The van der Waals surface area contributed by atoms with E-state index < -0.39 is 10.0 Å². The van der Waals surface area contributed by atoms with E-state index in [1.165, 1.54) is 17.6 Å². The van der Waals surface area contributed by atoms with Gasteiger partial charge in [-0.25, -0.2) is 12.7 Å². The van der Waals surface area contributed by atoms with Crippen molar-refractivity contribution >= 4 is 27.3 Å². The third-order valence-corrected chi connectivity index (χ3v) is 7.50. The molecular weight excluding hydrogens is 386 g/mol. The first-order valence-electron chi connectivity index (χ1n) is 9.55. The fourth-order valence-electron chi connectivity index (χ4n) is 3.97. The highest BCUT2D eigenvalue weighted by molar-refractivity contribution is 7.88. The Bertz CT molecular complexity index is 702. The van der Waals surface area contributed by atoms with Gasteiger partial charge in [-0.3, -0.25) is 9.69 Å². The number of nitrogens with zero attached hydrogens (tertiary/aromatic N) is 2. The van der Waals surface area contributed by atoms with Crippen molar-refractivity contribution in [2.45, 2.75) is 37.8 Å². The van der Waals surface area contributed by atoms with Gasteiger partial charge in [0.15, 0.2) is 0 Å². The Balaban J connectivity index is 1.62. The van der Waals surface area contributed by atoms with E-state index in [-0.39, 0.29) is 11.9 Å². The van der Waals surface area contributed by atoms with Crippen LogP contribution in [0, 0.1) is 0 Å². The fraction of sp³-hybridized carbons (Fsp3) is 0.722. The largest absolute Gasteiger partial charge is 0.381 e. The molecule has 27 heavy (non-hydrogen) atoms. The van der Waals surface area contributed by atoms with Crippen LogP contribution in [0.1, 0.15) is 35.4 Å². The second kappa shape index (κ2) is 9.47. The molecule has 1 aromatic rings. The molecule has 1 atom stereocenters. The number of carbonyl (C=O) groups excluding carboxylic acids is 1. The maximum atomic E-state index is 12.2. The molecule has 0 saturated carbocycles. The Labute approximate surface area is 165 Å². The Morgan fingerprint density at radius 2 is 2.11 bits per heavy atom. The van der Waals surface area contributed by atoms with Crippen LogP contribution in [0.5, 0.6) is 0 Å². The van der Waals surface area contributed by atoms with Gasteiger partial charge in [0.05, 0.1) is 11.1 Å². The molecule has 152 valence electrons. The Hall–Kier alpha value is -1.00. The van der Waals surface area contributed by atoms with Gasteiger partial charge in [0.1, 0.15) is 0 Å². The van der Waals surface area contributed by atoms with Crippen LogP contribution in [0.15, 0.2) is 17.5 Å². The minimum absolute atomic E-state index is 0.0432. The lowest BCUT2D eigenvalue weighted by molar-refractivity contribution is 0.00673. The van der Waals surface area contributed by atoms with Gasteiger partial charge in [0, 0.05) is 51.5 Å². The SMILES string of the molecule is CS(=O)(=O)N1CCCC(N(CCNC(=O)c2cccs2)C2CCOCC2)C1. The van der Waals surface area contributed by atoms with Crippen molar-refractivity contribution in [1.29, 1.82) is 0 Å². The van der Waals surface area contributed by atoms with E-state index in [4.69, 9.17) is 4.74 Å². The molecule has 1 aromatic heterocycles. The predicted octanol–water partition coefficient (Wildman–Crippen LogP) is 1.38. The van der Waals surface area contributed by atoms with Gasteiger partial charge in [0.2, 0.25) is 10.0 Å². The van der Waals surface area contributed by atoms with Gasteiger partial charge in [-0.05, 0) is 37.1 Å². The molecule has 2 aliphatic heterocycles. The lowest BCUT2D eigenvalue weighted by atomic mass is 9.99. The summed E-state index contributed by atoms with van der Waals surface area (Å²) in [7, 11) is -3.17. The molecule has 0 spiro atoms. The van der Waals surface area contributed by atoms with Crippen LogP contribution in [-0.2, 0) is 14.8 Å². The summed E-state index contributed by atoms with van der Waals surface area (Å²) in [6, 6.07) is 4.26. The quantitative estimate of drug-likeness (QED) is 0.728. The summed E-state index contributed by atoms with van der Waals surface area (Å²) in [6.07, 6.45) is 5.05. The molecule has 9 heteroatoms. The van der Waals surface area contributed by atoms with Crippen LogP contribution in [0.25, 0.3) is 0 Å². The molecule has 3 heterocycles. The van der Waals surface area contributed by atoms with Crippen LogP contribution in [0.3, 0.4) is 0 Å². The summed E-state index contributed by atoms with van der Waals surface area (Å²) in [4.78, 5) is 15.3. The third kappa shape index (κ3) is 5.74. The van der Waals surface area contributed by atoms with Gasteiger partial charge in [-0.2, -0.15) is 0 Å². The zero-order valence-electron chi connectivity index (χ0n) is 15.8. The molecule has 2 aliphatic rings. The lowest BCUT2D eigenvalue weighted by Gasteiger charge is -2.43. The molecule has 0 bridgehead atoms. The number of hydrogen-bond donors (Lipinski definition) is 1. The lowest BCUT2D eigenvalue weighted by Crippen LogP contribution is -2.55. The van der Waals surface area contributed by atoms with E-state index in [9.17, 15) is 13.2 Å². The first-order valence-corrected chi connectivity index (χ1v) is 12.3. The highest BCUT2D eigenvalue weighted by Gasteiger charge is 2.33. The minimum atomic E-state index is -3.17. The summed E-state index contributed by atoms with van der Waals surface area (Å²) in [5.74, 6) is -0.0432. The van der Waals surface area contributed by atoms with Gasteiger partial charge in [-0.1, -0.05) is 6.07 Å². The van der Waals surface area contributed by atoms with E-state index in [2.05, 4.69) is 10.2 Å². The monoisotopic (exact) mass is 415 g/mol. The topological polar surface area (TPSA) is 79.0 Å². The van der Waals surface area contributed by atoms with Crippen molar-refractivity contribution in [3.05, 3.63) is 22.4 Å². The molecule has 1 N–H and O–H groups in total. The van der Waals surface area contributed by atoms with Crippen molar-refractivity contribution < 1.29 is 17.9 Å². The van der Waals surface area contributed by atoms with E-state index in [0.29, 0.717) is 30.6 Å². The molecule has 3 rings (SSSR count). The molecule has 1 unspecified atom stereocenters. The second-order valence-electron chi connectivity index (χ2n) is 7.23. The van der Waals surface area contributed by atoms with E-state index in [0.717, 1.165) is 45.4 Å². The zero-order chi connectivity index (χ0) is 19.3. The maximum Gasteiger partial charge on any atom is 0.261 e. The first-order chi connectivity index (χ1) is 12.9. The fourth-order valence-corrected chi connectivity index (χ4v) is 5.51. The summed E-state index contributed by atoms with van der Waals surface area (Å²) in [5.41, 5.74) is 0. The average molecular weight is 416 g/mol. The number of amides is 1. The van der Waals surface area contributed by atoms with Crippen molar-refractivity contribution in [2.24, 2.45) is 0 Å². The smallest absolute Gasteiger partial charge is 0.261 e. The maximum absolute atomic E-state index is 12.2. The molecule has 1 amide bonds. The molecule has 0 aliphatic carbocycles. The van der Waals surface area contributed by atoms with E-state index in [1.807, 2.05) is 17.5 Å². The van der Waals surface area contributed by atoms with Crippen LogP contribution < -0.4 is 5.32 Å². The molecule has 2 saturated heterocycles. The van der Waals surface area contributed by atoms with E-state index in [1.54, 1.807) is 4.31 Å². The molecule has 2 fully saturated rings. The Morgan fingerprint density at radius 1 is 1.33 bits per heavy atom. The number of piperidine rings is 1. The number of sulfonamides is 1. The second-order valence-corrected chi connectivity index (χ2v) is 10.2. The van der Waals surface area contributed by atoms with Gasteiger partial charge in [0.25, 0.3) is 5.91 Å².